The van der Waals surface area contributed by atoms with Crippen LogP contribution in [0.5, 0.6) is 0 Å². The maximum Gasteiger partial charge on any atom is 0.0334 e. The third-order valence-corrected chi connectivity index (χ3v) is 2.99. The second-order valence-electron chi connectivity index (χ2n) is 2.67. The van der Waals surface area contributed by atoms with Crippen LogP contribution >= 0.6 is 23.7 Å². The van der Waals surface area contributed by atoms with Crippen LogP contribution in [0, 0.1) is 0 Å². The SMILES string of the molecule is CCN1Cc2ccsc2C1.Cl. The molecule has 2 heterocycles. The van der Waals surface area contributed by atoms with E-state index in [1.54, 1.807) is 10.4 Å². The first-order valence-corrected chi connectivity index (χ1v) is 4.55. The summed E-state index contributed by atoms with van der Waals surface area (Å²) < 4.78 is 0. The Hall–Kier alpha value is -0.0500. The molecule has 0 aromatic carbocycles. The van der Waals surface area contributed by atoms with Gasteiger partial charge >= 0.3 is 0 Å². The van der Waals surface area contributed by atoms with Crippen molar-refractivity contribution in [1.82, 2.24) is 4.90 Å². The standard InChI is InChI=1S/C8H11NS.ClH/c1-2-9-5-7-3-4-10-8(7)6-9;/h3-4H,2,5-6H2,1H3;1H. The van der Waals surface area contributed by atoms with Gasteiger partial charge in [0.1, 0.15) is 0 Å². The molecule has 0 radical (unpaired) electrons. The average molecular weight is 190 g/mol. The van der Waals surface area contributed by atoms with Gasteiger partial charge in [0, 0.05) is 18.0 Å². The van der Waals surface area contributed by atoms with Crippen LogP contribution in [0.4, 0.5) is 0 Å². The lowest BCUT2D eigenvalue weighted by Gasteiger charge is -2.09. The van der Waals surface area contributed by atoms with Crippen molar-refractivity contribution in [2.75, 3.05) is 6.54 Å². The van der Waals surface area contributed by atoms with E-state index in [9.17, 15) is 0 Å². The summed E-state index contributed by atoms with van der Waals surface area (Å²) in [5.41, 5.74) is 1.55. The molecule has 2 rings (SSSR count). The lowest BCUT2D eigenvalue weighted by atomic mass is 10.3. The van der Waals surface area contributed by atoms with Crippen LogP contribution in [-0.2, 0) is 13.1 Å². The first-order chi connectivity index (χ1) is 4.90. The van der Waals surface area contributed by atoms with Crippen molar-refractivity contribution in [2.24, 2.45) is 0 Å². The normalized spacial score (nSPS) is 16.1. The lowest BCUT2D eigenvalue weighted by molar-refractivity contribution is 0.302. The van der Waals surface area contributed by atoms with Crippen LogP contribution in [-0.4, -0.2) is 11.4 Å². The molecule has 0 amide bonds. The zero-order chi connectivity index (χ0) is 6.97. The van der Waals surface area contributed by atoms with E-state index in [0.29, 0.717) is 0 Å². The van der Waals surface area contributed by atoms with Crippen LogP contribution in [0.15, 0.2) is 11.4 Å². The van der Waals surface area contributed by atoms with Crippen LogP contribution in [0.2, 0.25) is 0 Å². The molecule has 0 saturated heterocycles. The summed E-state index contributed by atoms with van der Waals surface area (Å²) in [7, 11) is 0. The Kier molecular flexibility index (Phi) is 2.93. The van der Waals surface area contributed by atoms with Gasteiger partial charge in [-0.1, -0.05) is 6.92 Å². The molecule has 0 fully saturated rings. The van der Waals surface area contributed by atoms with Gasteiger partial charge in [0.2, 0.25) is 0 Å². The number of hydrogen-bond acceptors (Lipinski definition) is 2. The van der Waals surface area contributed by atoms with Crippen molar-refractivity contribution in [2.45, 2.75) is 20.0 Å². The molecule has 0 unspecified atom stereocenters. The van der Waals surface area contributed by atoms with Crippen molar-refractivity contribution in [3.05, 3.63) is 21.9 Å². The molecule has 11 heavy (non-hydrogen) atoms. The number of rotatable bonds is 1. The van der Waals surface area contributed by atoms with E-state index in [4.69, 9.17) is 0 Å². The molecule has 1 aromatic heterocycles. The topological polar surface area (TPSA) is 3.24 Å². The highest BCUT2D eigenvalue weighted by Gasteiger charge is 2.17. The highest BCUT2D eigenvalue weighted by atomic mass is 35.5. The summed E-state index contributed by atoms with van der Waals surface area (Å²) >= 11 is 1.89. The van der Waals surface area contributed by atoms with Crippen LogP contribution < -0.4 is 0 Å². The first kappa shape index (κ1) is 9.04. The first-order valence-electron chi connectivity index (χ1n) is 3.67. The van der Waals surface area contributed by atoms with Gasteiger partial charge in [-0.05, 0) is 23.6 Å². The smallest absolute Gasteiger partial charge is 0.0334 e. The Bertz CT molecular complexity index is 213. The summed E-state index contributed by atoms with van der Waals surface area (Å²) in [6.07, 6.45) is 0. The second kappa shape index (κ2) is 3.57. The van der Waals surface area contributed by atoms with Crippen molar-refractivity contribution < 1.29 is 0 Å². The van der Waals surface area contributed by atoms with Crippen LogP contribution in [0.3, 0.4) is 0 Å². The van der Waals surface area contributed by atoms with E-state index in [1.807, 2.05) is 11.3 Å². The largest absolute Gasteiger partial charge is 0.294 e. The summed E-state index contributed by atoms with van der Waals surface area (Å²) in [6.45, 7) is 5.76. The molecule has 1 aromatic rings. The Morgan fingerprint density at radius 1 is 1.55 bits per heavy atom. The van der Waals surface area contributed by atoms with Gasteiger partial charge in [0.05, 0.1) is 0 Å². The van der Waals surface area contributed by atoms with Gasteiger partial charge in [-0.25, -0.2) is 0 Å². The van der Waals surface area contributed by atoms with E-state index in [1.165, 1.54) is 19.6 Å². The van der Waals surface area contributed by atoms with Crippen molar-refractivity contribution >= 4 is 23.7 Å². The molecule has 3 heteroatoms. The van der Waals surface area contributed by atoms with Crippen LogP contribution in [0.1, 0.15) is 17.4 Å². The van der Waals surface area contributed by atoms with Crippen molar-refractivity contribution in [1.29, 1.82) is 0 Å². The van der Waals surface area contributed by atoms with E-state index >= 15 is 0 Å². The highest BCUT2D eigenvalue weighted by Crippen LogP contribution is 2.26. The molecule has 0 spiro atoms. The third kappa shape index (κ3) is 1.58. The molecule has 0 N–H and O–H groups in total. The quantitative estimate of drug-likeness (QED) is 0.656. The molecule has 1 aliphatic heterocycles. The number of fused-ring (bicyclic) bond motifs is 1. The summed E-state index contributed by atoms with van der Waals surface area (Å²) in [4.78, 5) is 4.03. The molecule has 1 aliphatic rings. The Labute approximate surface area is 77.4 Å². The van der Waals surface area contributed by atoms with Gasteiger partial charge in [-0.3, -0.25) is 4.90 Å². The third-order valence-electron chi connectivity index (χ3n) is 2.05. The van der Waals surface area contributed by atoms with Gasteiger partial charge in [0.15, 0.2) is 0 Å². The summed E-state index contributed by atoms with van der Waals surface area (Å²) in [6, 6.07) is 2.25. The fourth-order valence-electron chi connectivity index (χ4n) is 1.37. The molecular formula is C8H12ClNS. The maximum absolute atomic E-state index is 2.46. The predicted molar refractivity (Wildman–Crippen MR) is 51.4 cm³/mol. The minimum atomic E-state index is 0. The molecular weight excluding hydrogens is 178 g/mol. The Morgan fingerprint density at radius 2 is 2.36 bits per heavy atom. The Balaban J connectivity index is 0.000000605. The minimum absolute atomic E-state index is 0. The summed E-state index contributed by atoms with van der Waals surface area (Å²) in [5.74, 6) is 0. The fraction of sp³-hybridized carbons (Fsp3) is 0.500. The highest BCUT2D eigenvalue weighted by molar-refractivity contribution is 7.10. The maximum atomic E-state index is 2.46. The molecule has 1 nitrogen and oxygen atoms in total. The zero-order valence-electron chi connectivity index (χ0n) is 6.54. The van der Waals surface area contributed by atoms with Crippen molar-refractivity contribution in [3.63, 3.8) is 0 Å². The fourth-order valence-corrected chi connectivity index (χ4v) is 2.31. The number of nitrogens with zero attached hydrogens (tertiary/aromatic N) is 1. The minimum Gasteiger partial charge on any atom is -0.294 e. The summed E-state index contributed by atoms with van der Waals surface area (Å²) in [5, 5.41) is 2.19. The molecule has 0 saturated carbocycles. The Morgan fingerprint density at radius 3 is 3.00 bits per heavy atom. The number of halogens is 1. The van der Waals surface area contributed by atoms with E-state index in [2.05, 4.69) is 23.3 Å². The monoisotopic (exact) mass is 189 g/mol. The molecule has 62 valence electrons. The van der Waals surface area contributed by atoms with Gasteiger partial charge in [-0.2, -0.15) is 0 Å². The van der Waals surface area contributed by atoms with E-state index < -0.39 is 0 Å². The zero-order valence-corrected chi connectivity index (χ0v) is 8.17. The molecule has 0 atom stereocenters. The van der Waals surface area contributed by atoms with Gasteiger partial charge in [-0.15, -0.1) is 23.7 Å². The van der Waals surface area contributed by atoms with E-state index in [0.717, 1.165) is 0 Å². The number of hydrogen-bond donors (Lipinski definition) is 0. The van der Waals surface area contributed by atoms with Gasteiger partial charge < -0.3 is 0 Å². The van der Waals surface area contributed by atoms with E-state index in [-0.39, 0.29) is 12.4 Å². The molecule has 0 bridgehead atoms. The van der Waals surface area contributed by atoms with Crippen molar-refractivity contribution in [3.8, 4) is 0 Å². The lowest BCUT2D eigenvalue weighted by Crippen LogP contribution is -2.14. The van der Waals surface area contributed by atoms with Gasteiger partial charge in [0.25, 0.3) is 0 Å². The molecule has 0 aliphatic carbocycles. The number of thiophene rings is 1. The van der Waals surface area contributed by atoms with Crippen LogP contribution in [0.25, 0.3) is 0 Å². The average Bonchev–Trinajstić information content (AvgIpc) is 2.42. The second-order valence-corrected chi connectivity index (χ2v) is 3.67. The predicted octanol–water partition coefficient (Wildman–Crippen LogP) is 2.51.